The summed E-state index contributed by atoms with van der Waals surface area (Å²) in [6.45, 7) is 12.1. The van der Waals surface area contributed by atoms with Crippen molar-refractivity contribution in [3.05, 3.63) is 59.7 Å². The number of likely N-dealkylation sites (tertiary alicyclic amines) is 1. The van der Waals surface area contributed by atoms with Gasteiger partial charge in [-0.2, -0.15) is 25.3 Å². The largest absolute Gasteiger partial charge is 0.508 e. The summed E-state index contributed by atoms with van der Waals surface area (Å²) in [6, 6.07) is -12.1. The molecule has 1 fully saturated rings. The van der Waals surface area contributed by atoms with Gasteiger partial charge in [0.25, 0.3) is 0 Å². The van der Waals surface area contributed by atoms with Crippen molar-refractivity contribution in [1.82, 2.24) is 68.7 Å². The van der Waals surface area contributed by atoms with Crippen molar-refractivity contribution < 1.29 is 113 Å². The van der Waals surface area contributed by atoms with Gasteiger partial charge in [0.05, 0.1) is 31.3 Å². The highest BCUT2D eigenvalue weighted by Gasteiger charge is 2.43. The number of nitrogens with one attached hydrogen (secondary N) is 12. The number of amides is 13. The lowest BCUT2D eigenvalue weighted by molar-refractivity contribution is -0.145. The number of aliphatic hydroxyl groups is 4. The highest BCUT2D eigenvalue weighted by Crippen LogP contribution is 2.23. The first-order valence-corrected chi connectivity index (χ1v) is 38.4. The van der Waals surface area contributed by atoms with Gasteiger partial charge in [0.15, 0.2) is 5.96 Å². The maximum atomic E-state index is 14.7. The molecule has 0 radical (unpaired) electrons. The normalized spacial score (nSPS) is 17.3. The van der Waals surface area contributed by atoms with Gasteiger partial charge in [0.1, 0.15) is 96.1 Å². The number of rotatable bonds is 48. The number of phenolic OH excluding ortho intramolecular Hbond substituents is 2. The Labute approximate surface area is 670 Å². The molecule has 0 spiro atoms. The van der Waals surface area contributed by atoms with Crippen LogP contribution in [0.2, 0.25) is 0 Å². The van der Waals surface area contributed by atoms with Crippen LogP contribution in [0, 0.1) is 17.8 Å². The van der Waals surface area contributed by atoms with E-state index >= 15 is 0 Å². The first kappa shape index (κ1) is 98.1. The molecule has 40 nitrogen and oxygen atoms in total. The average molecular weight is 1650 g/mol. The second-order valence-electron chi connectivity index (χ2n) is 28.4. The fourth-order valence-electron chi connectivity index (χ4n) is 11.7. The summed E-state index contributed by atoms with van der Waals surface area (Å²) in [4.78, 5) is 212. The smallest absolute Gasteiger partial charge is 0.326 e. The van der Waals surface area contributed by atoms with E-state index in [-0.39, 0.29) is 87.8 Å². The van der Waals surface area contributed by atoms with Crippen molar-refractivity contribution in [3.63, 3.8) is 0 Å². The zero-order chi connectivity index (χ0) is 86.1. The molecule has 26 N–H and O–H groups in total. The Balaban J connectivity index is 1.91. The Morgan fingerprint density at radius 2 is 0.886 bits per heavy atom. The van der Waals surface area contributed by atoms with Crippen molar-refractivity contribution in [1.29, 1.82) is 0 Å². The van der Waals surface area contributed by atoms with Crippen molar-refractivity contribution in [2.75, 3.05) is 31.2 Å². The van der Waals surface area contributed by atoms with E-state index in [1.807, 2.05) is 0 Å². The lowest BCUT2D eigenvalue weighted by atomic mass is 9.96. The molecular weight excluding hydrogens is 1540 g/mol. The predicted molar refractivity (Wildman–Crippen MR) is 417 cm³/mol. The number of thiol groups is 2. The van der Waals surface area contributed by atoms with E-state index in [4.69, 9.17) is 17.2 Å². The molecule has 636 valence electrons. The van der Waals surface area contributed by atoms with Gasteiger partial charge >= 0.3 is 11.9 Å². The zero-order valence-electron chi connectivity index (χ0n) is 65.0. The van der Waals surface area contributed by atoms with Crippen LogP contribution in [0.4, 0.5) is 0 Å². The minimum Gasteiger partial charge on any atom is -0.508 e. The Kier molecular flexibility index (Phi) is 41.4. The molecule has 0 aliphatic carbocycles. The van der Waals surface area contributed by atoms with Gasteiger partial charge < -0.3 is 127 Å². The number of carbonyl (C=O) groups is 15. The molecule has 3 rings (SSSR count). The molecule has 2 aromatic carbocycles. The van der Waals surface area contributed by atoms with Crippen LogP contribution in [0.3, 0.4) is 0 Å². The van der Waals surface area contributed by atoms with Crippen LogP contribution in [0.25, 0.3) is 0 Å². The third-order valence-electron chi connectivity index (χ3n) is 18.7. The number of hydrogen-bond donors (Lipinski definition) is 25. The summed E-state index contributed by atoms with van der Waals surface area (Å²) in [6.07, 6.45) is -5.96. The molecule has 13 amide bonds. The van der Waals surface area contributed by atoms with E-state index in [1.54, 1.807) is 41.5 Å². The predicted octanol–water partition coefficient (Wildman–Crippen LogP) is -6.24. The van der Waals surface area contributed by atoms with E-state index in [0.29, 0.717) is 17.5 Å². The quantitative estimate of drug-likeness (QED) is 0.0127. The number of carboxylic acid groups (broad SMARTS) is 2. The third kappa shape index (κ3) is 31.7. The maximum Gasteiger partial charge on any atom is 0.326 e. The van der Waals surface area contributed by atoms with E-state index in [2.05, 4.69) is 94.1 Å². The summed E-state index contributed by atoms with van der Waals surface area (Å²) in [5.74, 6) is -20.0. The first-order chi connectivity index (χ1) is 53.5. The van der Waals surface area contributed by atoms with Crippen molar-refractivity contribution in [2.45, 2.75) is 229 Å². The van der Waals surface area contributed by atoms with Crippen LogP contribution < -0.4 is 81.0 Å². The van der Waals surface area contributed by atoms with E-state index in [0.717, 1.165) is 18.7 Å². The third-order valence-corrected chi connectivity index (χ3v) is 19.5. The van der Waals surface area contributed by atoms with Crippen LogP contribution in [-0.4, -0.2) is 275 Å². The standard InChI is InChI=1S/C72H113N17O23S2/c1-10-34(5)54(85-69(109)57(38(9)93)87-61(101)44(26-33(3)4)78-58(98)43(14-12-24-76-72(74)75)77-66(106)53(73)36(7)91)67(107)80-45(27-39-16-20-41(94)21-17-39)59(99)83-50(32-114)64(104)88-56(37(8)92)68(108)82-48(30-90)62(102)81-47(28-40-18-22-42(95)23-19-40)70(110)89-25-13-15-51(89)65(105)79-46(29-52(96)97)60(100)84-49(31-113)63(103)86-55(71(111)112)35(6)11-2/h16-23,33-38,43-51,53-57,90-95,113-114H,10-15,24-32,73H2,1-9H3,(H,77,106)(H,78,98)(H,79,105)(H,80,107)(H,81,102)(H,82,108)(H,83,99)(H,84,100)(H,85,109)(H,86,103)(H,87,101)(H,88,104)(H,96,97)(H,111,112)(H4,74,75,76)/t34-,35-,36+,37+,38+,43-,44-,45-,46-,47-,48-,49-,50-,51-,53-,54-,55-,56-,57-/m0/s1. The second kappa shape index (κ2) is 48.2. The molecule has 1 heterocycles. The summed E-state index contributed by atoms with van der Waals surface area (Å²) in [5.41, 5.74) is 17.4. The van der Waals surface area contributed by atoms with Crippen LogP contribution in [0.1, 0.15) is 125 Å². The maximum absolute atomic E-state index is 14.7. The van der Waals surface area contributed by atoms with Gasteiger partial charge in [-0.05, 0) is 106 Å². The minimum absolute atomic E-state index is 0.0363. The first-order valence-electron chi connectivity index (χ1n) is 37.2. The molecule has 1 aliphatic rings. The number of carbonyl (C=O) groups excluding carboxylic acids is 13. The molecule has 1 aliphatic heterocycles. The minimum atomic E-state index is -2.00. The number of aliphatic hydroxyl groups excluding tert-OH is 4. The highest BCUT2D eigenvalue weighted by molar-refractivity contribution is 7.80. The molecule has 0 unspecified atom stereocenters. The number of hydrogen-bond acceptors (Lipinski definition) is 25. The van der Waals surface area contributed by atoms with Gasteiger partial charge in [0, 0.05) is 37.4 Å². The van der Waals surface area contributed by atoms with Crippen LogP contribution in [0.5, 0.6) is 11.5 Å². The Morgan fingerprint density at radius 1 is 0.491 bits per heavy atom. The van der Waals surface area contributed by atoms with Gasteiger partial charge in [-0.25, -0.2) is 4.79 Å². The Bertz CT molecular complexity index is 3650. The molecule has 0 bridgehead atoms. The molecule has 0 aromatic heterocycles. The van der Waals surface area contributed by atoms with Gasteiger partial charge in [-0.1, -0.05) is 78.6 Å². The van der Waals surface area contributed by atoms with Gasteiger partial charge in [0.2, 0.25) is 76.8 Å². The van der Waals surface area contributed by atoms with E-state index in [9.17, 15) is 113 Å². The summed E-state index contributed by atoms with van der Waals surface area (Å²) < 4.78 is 0. The van der Waals surface area contributed by atoms with Gasteiger partial charge in [-0.15, -0.1) is 0 Å². The number of phenols is 2. The van der Waals surface area contributed by atoms with Crippen LogP contribution in [0.15, 0.2) is 53.5 Å². The fourth-order valence-corrected chi connectivity index (χ4v) is 12.2. The number of benzene rings is 2. The lowest BCUT2D eigenvalue weighted by Gasteiger charge is -2.31. The molecular formula is C72H113N17O23S2. The SMILES string of the molecule is CC[C@H](C)[C@H](NC(=O)[C@H](CS)NC(=O)[C@H](CC(=O)O)NC(=O)[C@@H]1CCCN1C(=O)[C@H](Cc1ccc(O)cc1)NC(=O)[C@H](CO)NC(=O)[C@@H](NC(=O)[C@H](CS)NC(=O)[C@H](Cc1ccc(O)cc1)NC(=O)[C@@H](NC(=O)[C@@H](NC(=O)[C@H](CC(C)C)NC(=O)[C@H](CCCN=C(N)N)NC(=O)[C@@H](N)[C@@H](C)O)[C@@H](C)O)[C@@H](C)CC)[C@@H](C)O)C(=O)O. The molecule has 42 heteroatoms. The number of aliphatic carboxylic acids is 2. The van der Waals surface area contributed by atoms with E-state index < -0.39 is 228 Å². The lowest BCUT2D eigenvalue weighted by Crippen LogP contribution is -2.63. The number of nitrogens with two attached hydrogens (primary N) is 3. The van der Waals surface area contributed by atoms with Crippen LogP contribution >= 0.6 is 25.3 Å². The van der Waals surface area contributed by atoms with Crippen molar-refractivity contribution in [2.24, 2.45) is 39.9 Å². The summed E-state index contributed by atoms with van der Waals surface area (Å²) >= 11 is 8.36. The molecule has 114 heavy (non-hydrogen) atoms. The highest BCUT2D eigenvalue weighted by atomic mass is 32.1. The molecule has 1 saturated heterocycles. The Morgan fingerprint density at radius 3 is 1.34 bits per heavy atom. The topological polar surface area (TPSA) is 656 Å². The summed E-state index contributed by atoms with van der Waals surface area (Å²) in [7, 11) is 0. The molecule has 19 atom stereocenters. The number of nitrogens with zero attached hydrogens (tertiary/aromatic N) is 2. The number of aromatic hydroxyl groups is 2. The van der Waals surface area contributed by atoms with Crippen LogP contribution in [-0.2, 0) is 84.8 Å². The number of carboxylic acids is 2. The van der Waals surface area contributed by atoms with E-state index in [1.165, 1.54) is 55.5 Å². The fraction of sp³-hybridized carbons (Fsp3) is 0.611. The Hall–Kier alpha value is -10.1. The van der Waals surface area contributed by atoms with Crippen molar-refractivity contribution >= 4 is 120 Å². The molecule has 0 saturated carbocycles. The molecule has 2 aromatic rings. The monoisotopic (exact) mass is 1650 g/mol. The zero-order valence-corrected chi connectivity index (χ0v) is 66.8. The number of guanidine groups is 1. The second-order valence-corrected chi connectivity index (χ2v) is 29.2. The van der Waals surface area contributed by atoms with Gasteiger partial charge in [-0.3, -0.25) is 72.1 Å². The number of aliphatic imine (C=N–C) groups is 1. The average Bonchev–Trinajstić information content (AvgIpc) is 1.50. The van der Waals surface area contributed by atoms with Crippen molar-refractivity contribution in [3.8, 4) is 11.5 Å². The summed E-state index contributed by atoms with van der Waals surface area (Å²) in [5, 5.41) is 111.